The second-order valence-electron chi connectivity index (χ2n) is 7.78. The van der Waals surface area contributed by atoms with Crippen molar-refractivity contribution in [1.29, 1.82) is 0 Å². The van der Waals surface area contributed by atoms with Crippen molar-refractivity contribution in [3.8, 4) is 22.5 Å². The average molecular weight is 545 g/mol. The highest BCUT2D eigenvalue weighted by molar-refractivity contribution is 7.99. The molecule has 36 heavy (non-hydrogen) atoms. The summed E-state index contributed by atoms with van der Waals surface area (Å²) >= 11 is 4.20. The SMILES string of the molecule is CCc1c(-c2nnc(SCC(=O)Nc3scc(-c4ccc(F)cc4)c3C(=O)OC)n2CC)csc1C. The summed E-state index contributed by atoms with van der Waals surface area (Å²) in [6.07, 6.45) is 0.912. The molecular weight excluding hydrogens is 519 g/mol. The molecule has 1 aromatic carbocycles. The van der Waals surface area contributed by atoms with Gasteiger partial charge in [-0.2, -0.15) is 0 Å². The van der Waals surface area contributed by atoms with E-state index in [0.29, 0.717) is 27.8 Å². The summed E-state index contributed by atoms with van der Waals surface area (Å²) in [4.78, 5) is 26.6. The molecule has 0 unspecified atom stereocenters. The number of amides is 1. The molecule has 0 saturated heterocycles. The Kier molecular flexibility index (Phi) is 8.22. The van der Waals surface area contributed by atoms with E-state index in [-0.39, 0.29) is 23.0 Å². The molecule has 0 fully saturated rings. The largest absolute Gasteiger partial charge is 0.465 e. The van der Waals surface area contributed by atoms with Crippen LogP contribution in [0.5, 0.6) is 0 Å². The van der Waals surface area contributed by atoms with Crippen LogP contribution in [0.4, 0.5) is 9.39 Å². The summed E-state index contributed by atoms with van der Waals surface area (Å²) in [5, 5.41) is 16.5. The Hall–Kier alpha value is -3.02. The number of thioether (sulfide) groups is 1. The van der Waals surface area contributed by atoms with Crippen molar-refractivity contribution in [2.45, 2.75) is 38.9 Å². The molecule has 0 spiro atoms. The Morgan fingerprint density at radius 1 is 1.11 bits per heavy atom. The summed E-state index contributed by atoms with van der Waals surface area (Å²) in [6.45, 7) is 6.92. The van der Waals surface area contributed by atoms with E-state index >= 15 is 0 Å². The molecule has 0 saturated carbocycles. The summed E-state index contributed by atoms with van der Waals surface area (Å²) in [7, 11) is 1.28. The maximum absolute atomic E-state index is 13.4. The molecule has 0 aliphatic carbocycles. The lowest BCUT2D eigenvalue weighted by atomic mass is 10.0. The Morgan fingerprint density at radius 3 is 2.50 bits per heavy atom. The van der Waals surface area contributed by atoms with Gasteiger partial charge >= 0.3 is 5.97 Å². The van der Waals surface area contributed by atoms with Crippen LogP contribution in [0.1, 0.15) is 34.6 Å². The van der Waals surface area contributed by atoms with E-state index in [1.165, 1.54) is 52.8 Å². The molecular formula is C25H25FN4O3S3. The number of aromatic nitrogens is 3. The lowest BCUT2D eigenvalue weighted by molar-refractivity contribution is -0.113. The first-order valence-electron chi connectivity index (χ1n) is 11.3. The fourth-order valence-corrected chi connectivity index (χ4v) is 6.59. The Balaban J connectivity index is 1.51. The monoisotopic (exact) mass is 544 g/mol. The minimum absolute atomic E-state index is 0.0891. The number of methoxy groups -OCH3 is 1. The smallest absolute Gasteiger partial charge is 0.341 e. The lowest BCUT2D eigenvalue weighted by Crippen LogP contribution is -2.16. The highest BCUT2D eigenvalue weighted by atomic mass is 32.2. The van der Waals surface area contributed by atoms with Gasteiger partial charge < -0.3 is 14.6 Å². The normalized spacial score (nSPS) is 11.0. The van der Waals surface area contributed by atoms with Crippen LogP contribution in [0, 0.1) is 12.7 Å². The van der Waals surface area contributed by atoms with Gasteiger partial charge in [0.15, 0.2) is 11.0 Å². The number of thiophene rings is 2. The van der Waals surface area contributed by atoms with E-state index < -0.39 is 5.97 Å². The molecule has 7 nitrogen and oxygen atoms in total. The molecule has 0 aliphatic rings. The highest BCUT2D eigenvalue weighted by Gasteiger charge is 2.23. The van der Waals surface area contributed by atoms with Crippen LogP contribution in [0.2, 0.25) is 0 Å². The zero-order chi connectivity index (χ0) is 25.8. The molecule has 3 aromatic heterocycles. The van der Waals surface area contributed by atoms with E-state index in [1.807, 2.05) is 11.5 Å². The Morgan fingerprint density at radius 2 is 1.83 bits per heavy atom. The van der Waals surface area contributed by atoms with Crippen molar-refractivity contribution in [1.82, 2.24) is 14.8 Å². The fourth-order valence-electron chi connectivity index (χ4n) is 3.88. The maximum Gasteiger partial charge on any atom is 0.341 e. The van der Waals surface area contributed by atoms with Crippen LogP contribution in [0.3, 0.4) is 0 Å². The summed E-state index contributed by atoms with van der Waals surface area (Å²) in [6, 6.07) is 5.81. The number of anilines is 1. The average Bonchev–Trinajstić information content (AvgIpc) is 3.58. The van der Waals surface area contributed by atoms with Crippen LogP contribution in [-0.2, 0) is 22.5 Å². The number of nitrogens with zero attached hydrogens (tertiary/aromatic N) is 3. The number of aryl methyl sites for hydroxylation is 1. The third-order valence-electron chi connectivity index (χ3n) is 5.65. The molecule has 1 amide bonds. The molecule has 0 radical (unpaired) electrons. The molecule has 0 bridgehead atoms. The van der Waals surface area contributed by atoms with Gasteiger partial charge in [0.1, 0.15) is 16.4 Å². The third kappa shape index (κ3) is 5.23. The first-order valence-corrected chi connectivity index (χ1v) is 14.0. The molecule has 3 heterocycles. The Bertz CT molecular complexity index is 1390. The number of rotatable bonds is 9. The number of halogens is 1. The van der Waals surface area contributed by atoms with Gasteiger partial charge in [0.05, 0.1) is 12.9 Å². The number of carbonyl (C=O) groups excluding carboxylic acids is 2. The van der Waals surface area contributed by atoms with Gasteiger partial charge in [-0.3, -0.25) is 4.79 Å². The van der Waals surface area contributed by atoms with Crippen molar-refractivity contribution in [2.24, 2.45) is 0 Å². The molecule has 4 rings (SSSR count). The van der Waals surface area contributed by atoms with Gasteiger partial charge in [0, 0.05) is 33.3 Å². The number of hydrogen-bond donors (Lipinski definition) is 1. The number of nitrogens with one attached hydrogen (secondary N) is 1. The summed E-state index contributed by atoms with van der Waals surface area (Å²) in [5.41, 5.74) is 3.82. The fraction of sp³-hybridized carbons (Fsp3) is 0.280. The zero-order valence-electron chi connectivity index (χ0n) is 20.3. The van der Waals surface area contributed by atoms with Gasteiger partial charge in [-0.05, 0) is 43.5 Å². The standard InChI is InChI=1S/C25H25FN4O3S3/c1-5-17-14(3)34-12-19(17)22-28-29-25(30(22)6-2)36-13-20(31)27-23-21(24(32)33-4)18(11-35-23)15-7-9-16(26)10-8-15/h7-12H,5-6,13H2,1-4H3,(H,27,31). The highest BCUT2D eigenvalue weighted by Crippen LogP contribution is 2.37. The van der Waals surface area contributed by atoms with E-state index in [2.05, 4.69) is 34.7 Å². The quantitative estimate of drug-likeness (QED) is 0.197. The van der Waals surface area contributed by atoms with Crippen molar-refractivity contribution >= 4 is 51.3 Å². The molecule has 188 valence electrons. The summed E-state index contributed by atoms with van der Waals surface area (Å²) in [5.74, 6) is -0.345. The van der Waals surface area contributed by atoms with E-state index in [0.717, 1.165) is 17.8 Å². The topological polar surface area (TPSA) is 86.1 Å². The molecule has 1 N–H and O–H groups in total. The van der Waals surface area contributed by atoms with Crippen LogP contribution >= 0.6 is 34.4 Å². The van der Waals surface area contributed by atoms with Gasteiger partial charge in [-0.1, -0.05) is 30.8 Å². The van der Waals surface area contributed by atoms with Crippen molar-refractivity contribution in [3.05, 3.63) is 56.8 Å². The van der Waals surface area contributed by atoms with E-state index in [1.54, 1.807) is 28.8 Å². The number of hydrogen-bond acceptors (Lipinski definition) is 8. The van der Waals surface area contributed by atoms with Crippen LogP contribution in [0.15, 0.2) is 40.2 Å². The lowest BCUT2D eigenvalue weighted by Gasteiger charge is -2.09. The minimum atomic E-state index is -0.577. The number of carbonyl (C=O) groups is 2. The van der Waals surface area contributed by atoms with Gasteiger partial charge in [0.2, 0.25) is 5.91 Å². The number of benzene rings is 1. The van der Waals surface area contributed by atoms with E-state index in [4.69, 9.17) is 4.74 Å². The zero-order valence-corrected chi connectivity index (χ0v) is 22.7. The van der Waals surface area contributed by atoms with Crippen molar-refractivity contribution in [2.75, 3.05) is 18.2 Å². The van der Waals surface area contributed by atoms with Crippen molar-refractivity contribution < 1.29 is 18.7 Å². The minimum Gasteiger partial charge on any atom is -0.465 e. The molecule has 0 atom stereocenters. The van der Waals surface area contributed by atoms with Gasteiger partial charge in [-0.15, -0.1) is 32.9 Å². The van der Waals surface area contributed by atoms with Gasteiger partial charge in [0.25, 0.3) is 0 Å². The predicted molar refractivity (Wildman–Crippen MR) is 144 cm³/mol. The van der Waals surface area contributed by atoms with Crippen molar-refractivity contribution in [3.63, 3.8) is 0 Å². The maximum atomic E-state index is 13.4. The van der Waals surface area contributed by atoms with Crippen LogP contribution in [-0.4, -0.2) is 39.5 Å². The second-order valence-corrected chi connectivity index (χ2v) is 10.7. The van der Waals surface area contributed by atoms with Crippen LogP contribution < -0.4 is 5.32 Å². The number of esters is 1. The molecule has 11 heteroatoms. The number of ether oxygens (including phenoxy) is 1. The van der Waals surface area contributed by atoms with Crippen LogP contribution in [0.25, 0.3) is 22.5 Å². The first kappa shape index (κ1) is 26.1. The van der Waals surface area contributed by atoms with E-state index in [9.17, 15) is 14.0 Å². The van der Waals surface area contributed by atoms with Gasteiger partial charge in [-0.25, -0.2) is 9.18 Å². The molecule has 0 aliphatic heterocycles. The second kappa shape index (κ2) is 11.4. The Labute approximate surface area is 220 Å². The third-order valence-corrected chi connectivity index (χ3v) is 8.47. The predicted octanol–water partition coefficient (Wildman–Crippen LogP) is 6.28. The summed E-state index contributed by atoms with van der Waals surface area (Å²) < 4.78 is 20.3. The molecule has 4 aromatic rings. The first-order chi connectivity index (χ1) is 17.4.